The molecule has 0 fully saturated rings. The molecule has 2 aromatic rings. The molecular formula is C18H19F2NO3S. The van der Waals surface area contributed by atoms with E-state index in [1.807, 2.05) is 12.1 Å². The molecule has 0 aliphatic carbocycles. The van der Waals surface area contributed by atoms with E-state index >= 15 is 0 Å². The van der Waals surface area contributed by atoms with E-state index in [-0.39, 0.29) is 5.56 Å². The van der Waals surface area contributed by atoms with Gasteiger partial charge in [-0.1, -0.05) is 26.0 Å². The number of carbonyl (C=O) groups is 1. The van der Waals surface area contributed by atoms with Crippen LogP contribution in [0.15, 0.2) is 53.4 Å². The molecule has 4 nitrogen and oxygen atoms in total. The van der Waals surface area contributed by atoms with Gasteiger partial charge in [-0.2, -0.15) is 8.78 Å². The number of halogens is 2. The van der Waals surface area contributed by atoms with Crippen molar-refractivity contribution in [2.24, 2.45) is 0 Å². The van der Waals surface area contributed by atoms with Gasteiger partial charge < -0.3 is 5.32 Å². The van der Waals surface area contributed by atoms with Crippen LogP contribution in [-0.2, 0) is 9.84 Å². The van der Waals surface area contributed by atoms with Crippen LogP contribution in [0.5, 0.6) is 0 Å². The molecule has 0 aliphatic rings. The minimum absolute atomic E-state index is 0.180. The SMILES string of the molecule is CC[C@H](C)c1ccc(NC(=O)c2ccc(S(=O)(=O)C(F)F)cc2)cc1. The molecule has 134 valence electrons. The Bertz CT molecular complexity index is 832. The van der Waals surface area contributed by atoms with E-state index in [1.54, 1.807) is 12.1 Å². The van der Waals surface area contributed by atoms with Crippen molar-refractivity contribution in [3.05, 3.63) is 59.7 Å². The maximum absolute atomic E-state index is 12.5. The van der Waals surface area contributed by atoms with Gasteiger partial charge in [-0.3, -0.25) is 4.79 Å². The summed E-state index contributed by atoms with van der Waals surface area (Å²) in [6.07, 6.45) is 1.01. The van der Waals surface area contributed by atoms with Gasteiger partial charge in [0.05, 0.1) is 4.90 Å². The molecule has 0 saturated heterocycles. The molecule has 0 bridgehead atoms. The summed E-state index contributed by atoms with van der Waals surface area (Å²) in [5, 5.41) is 2.69. The molecule has 7 heteroatoms. The third-order valence-electron chi connectivity index (χ3n) is 4.03. The minimum atomic E-state index is -4.66. The number of hydrogen-bond acceptors (Lipinski definition) is 3. The van der Waals surface area contributed by atoms with Crippen molar-refractivity contribution in [3.8, 4) is 0 Å². The molecule has 0 aromatic heterocycles. The summed E-state index contributed by atoms with van der Waals surface area (Å²) in [5.74, 6) is -3.51. The van der Waals surface area contributed by atoms with Crippen molar-refractivity contribution in [1.29, 1.82) is 0 Å². The van der Waals surface area contributed by atoms with Crippen LogP contribution in [0.1, 0.15) is 42.1 Å². The Morgan fingerprint density at radius 1 is 1.04 bits per heavy atom. The molecule has 1 amide bonds. The average molecular weight is 367 g/mol. The lowest BCUT2D eigenvalue weighted by Crippen LogP contribution is -2.14. The maximum atomic E-state index is 12.5. The predicted octanol–water partition coefficient (Wildman–Crippen LogP) is 4.45. The molecule has 1 N–H and O–H groups in total. The monoisotopic (exact) mass is 367 g/mol. The van der Waals surface area contributed by atoms with Crippen molar-refractivity contribution >= 4 is 21.4 Å². The van der Waals surface area contributed by atoms with E-state index in [1.165, 1.54) is 17.7 Å². The highest BCUT2D eigenvalue weighted by Crippen LogP contribution is 2.22. The Kier molecular flexibility index (Phi) is 5.89. The Labute approximate surface area is 145 Å². The summed E-state index contributed by atoms with van der Waals surface area (Å²) in [7, 11) is -4.66. The fraction of sp³-hybridized carbons (Fsp3) is 0.278. The van der Waals surface area contributed by atoms with E-state index in [4.69, 9.17) is 0 Å². The van der Waals surface area contributed by atoms with Crippen LogP contribution in [0.4, 0.5) is 14.5 Å². The molecule has 2 rings (SSSR count). The summed E-state index contributed by atoms with van der Waals surface area (Å²) >= 11 is 0. The number of nitrogens with one attached hydrogen (secondary N) is 1. The quantitative estimate of drug-likeness (QED) is 0.820. The fourth-order valence-electron chi connectivity index (χ4n) is 2.23. The first-order chi connectivity index (χ1) is 11.8. The van der Waals surface area contributed by atoms with Gasteiger partial charge >= 0.3 is 5.76 Å². The standard InChI is InChI=1S/C18H19F2NO3S/c1-3-12(2)13-4-8-15(9-5-13)21-17(22)14-6-10-16(11-7-14)25(23,24)18(19)20/h4-12,18H,3H2,1-2H3,(H,21,22)/t12-/m0/s1. The average Bonchev–Trinajstić information content (AvgIpc) is 2.61. The number of hydrogen-bond donors (Lipinski definition) is 1. The van der Waals surface area contributed by atoms with Gasteiger partial charge in [0.2, 0.25) is 9.84 Å². The highest BCUT2D eigenvalue weighted by molar-refractivity contribution is 7.91. The Hall–Kier alpha value is -2.28. The fourth-order valence-corrected chi connectivity index (χ4v) is 2.95. The summed E-state index contributed by atoms with van der Waals surface area (Å²) in [6.45, 7) is 4.21. The second-order valence-electron chi connectivity index (χ2n) is 5.72. The largest absolute Gasteiger partial charge is 0.341 e. The molecule has 25 heavy (non-hydrogen) atoms. The first-order valence-electron chi connectivity index (χ1n) is 7.79. The van der Waals surface area contributed by atoms with E-state index in [2.05, 4.69) is 19.2 Å². The van der Waals surface area contributed by atoms with Gasteiger partial charge in [-0.15, -0.1) is 0 Å². The van der Waals surface area contributed by atoms with Crippen molar-refractivity contribution in [3.63, 3.8) is 0 Å². The van der Waals surface area contributed by atoms with Crippen LogP contribution in [-0.4, -0.2) is 20.1 Å². The summed E-state index contributed by atoms with van der Waals surface area (Å²) in [5.41, 5.74) is 1.95. The third kappa shape index (κ3) is 4.42. The molecule has 0 unspecified atom stereocenters. The first kappa shape index (κ1) is 19.1. The molecule has 0 heterocycles. The summed E-state index contributed by atoms with van der Waals surface area (Å²) < 4.78 is 47.7. The normalized spacial score (nSPS) is 12.8. The number of carbonyl (C=O) groups excluding carboxylic acids is 1. The third-order valence-corrected chi connectivity index (χ3v) is 5.43. The second kappa shape index (κ2) is 7.74. The smallest absolute Gasteiger partial charge is 0.322 e. The lowest BCUT2D eigenvalue weighted by molar-refractivity contribution is 0.102. The predicted molar refractivity (Wildman–Crippen MR) is 92.7 cm³/mol. The lowest BCUT2D eigenvalue weighted by Gasteiger charge is -2.11. The summed E-state index contributed by atoms with van der Waals surface area (Å²) in [4.78, 5) is 11.7. The van der Waals surface area contributed by atoms with Crippen LogP contribution in [0.25, 0.3) is 0 Å². The van der Waals surface area contributed by atoms with Crippen molar-refractivity contribution in [1.82, 2.24) is 0 Å². The molecule has 0 aliphatic heterocycles. The molecule has 2 aromatic carbocycles. The Balaban J connectivity index is 2.11. The van der Waals surface area contributed by atoms with Crippen LogP contribution >= 0.6 is 0 Å². The molecule has 0 radical (unpaired) electrons. The number of sulfone groups is 1. The van der Waals surface area contributed by atoms with E-state index in [9.17, 15) is 22.0 Å². The zero-order valence-corrected chi connectivity index (χ0v) is 14.7. The Morgan fingerprint density at radius 3 is 2.08 bits per heavy atom. The molecule has 1 atom stereocenters. The zero-order chi connectivity index (χ0) is 18.6. The van der Waals surface area contributed by atoms with Gasteiger partial charge in [0, 0.05) is 11.3 Å². The van der Waals surface area contributed by atoms with Gasteiger partial charge in [0.15, 0.2) is 0 Å². The maximum Gasteiger partial charge on any atom is 0.341 e. The first-order valence-corrected chi connectivity index (χ1v) is 9.33. The van der Waals surface area contributed by atoms with Gasteiger partial charge in [-0.25, -0.2) is 8.42 Å². The molecular weight excluding hydrogens is 348 g/mol. The van der Waals surface area contributed by atoms with Crippen LogP contribution in [0, 0.1) is 0 Å². The van der Waals surface area contributed by atoms with Crippen LogP contribution in [0.3, 0.4) is 0 Å². The zero-order valence-electron chi connectivity index (χ0n) is 13.9. The topological polar surface area (TPSA) is 63.2 Å². The van der Waals surface area contributed by atoms with Crippen LogP contribution in [0.2, 0.25) is 0 Å². The number of rotatable bonds is 6. The highest BCUT2D eigenvalue weighted by atomic mass is 32.2. The highest BCUT2D eigenvalue weighted by Gasteiger charge is 2.26. The van der Waals surface area contributed by atoms with Crippen molar-refractivity contribution in [2.45, 2.75) is 36.8 Å². The van der Waals surface area contributed by atoms with Gasteiger partial charge in [0.1, 0.15) is 0 Å². The van der Waals surface area contributed by atoms with Gasteiger partial charge in [-0.05, 0) is 54.3 Å². The van der Waals surface area contributed by atoms with Crippen LogP contribution < -0.4 is 5.32 Å². The van der Waals surface area contributed by atoms with E-state index in [0.29, 0.717) is 11.6 Å². The number of alkyl halides is 2. The van der Waals surface area contributed by atoms with E-state index in [0.717, 1.165) is 18.6 Å². The Morgan fingerprint density at radius 2 is 1.60 bits per heavy atom. The number of amides is 1. The van der Waals surface area contributed by atoms with Crippen molar-refractivity contribution in [2.75, 3.05) is 5.32 Å². The minimum Gasteiger partial charge on any atom is -0.322 e. The molecule has 0 spiro atoms. The van der Waals surface area contributed by atoms with Gasteiger partial charge in [0.25, 0.3) is 5.91 Å². The van der Waals surface area contributed by atoms with E-state index < -0.39 is 26.4 Å². The second-order valence-corrected chi connectivity index (χ2v) is 7.63. The molecule has 0 saturated carbocycles. The number of anilines is 1. The summed E-state index contributed by atoms with van der Waals surface area (Å²) in [6, 6.07) is 11.9. The number of benzene rings is 2. The van der Waals surface area contributed by atoms with Crippen molar-refractivity contribution < 1.29 is 22.0 Å². The lowest BCUT2D eigenvalue weighted by atomic mass is 9.98.